The van der Waals surface area contributed by atoms with E-state index in [0.717, 1.165) is 30.8 Å². The van der Waals surface area contributed by atoms with Crippen LogP contribution >= 0.6 is 24.8 Å². The van der Waals surface area contributed by atoms with Crippen LogP contribution in [0.4, 0.5) is 0 Å². The summed E-state index contributed by atoms with van der Waals surface area (Å²) < 4.78 is 0. The smallest absolute Gasteiger partial charge is 0.0471 e. The molecule has 21 heavy (non-hydrogen) atoms. The van der Waals surface area contributed by atoms with E-state index in [-0.39, 0.29) is 24.8 Å². The first-order valence-electron chi connectivity index (χ1n) is 8.13. The molecule has 0 aromatic heterocycles. The lowest BCUT2D eigenvalue weighted by Gasteiger charge is -2.31. The highest BCUT2D eigenvalue weighted by molar-refractivity contribution is 5.85. The lowest BCUT2D eigenvalue weighted by atomic mass is 9.99. The molecule has 126 valence electrons. The summed E-state index contributed by atoms with van der Waals surface area (Å²) in [6, 6.07) is 0. The van der Waals surface area contributed by atoms with Gasteiger partial charge >= 0.3 is 0 Å². The minimum absolute atomic E-state index is 0. The van der Waals surface area contributed by atoms with Gasteiger partial charge in [0.1, 0.15) is 0 Å². The summed E-state index contributed by atoms with van der Waals surface area (Å²) in [7, 11) is 0. The Balaban J connectivity index is 0.00000110. The highest BCUT2D eigenvalue weighted by Gasteiger charge is 2.51. The second kappa shape index (κ2) is 9.53. The van der Waals surface area contributed by atoms with Crippen molar-refractivity contribution in [3.8, 4) is 0 Å². The number of hydrogen-bond donors (Lipinski definition) is 3. The monoisotopic (exact) mass is 339 g/mol. The third-order valence-corrected chi connectivity index (χ3v) is 5.34. The van der Waals surface area contributed by atoms with Crippen molar-refractivity contribution in [2.24, 2.45) is 23.7 Å². The Morgan fingerprint density at radius 3 is 2.67 bits per heavy atom. The van der Waals surface area contributed by atoms with Crippen LogP contribution in [0.3, 0.4) is 0 Å². The second-order valence-electron chi connectivity index (χ2n) is 6.70. The molecule has 0 amide bonds. The van der Waals surface area contributed by atoms with Gasteiger partial charge in [0, 0.05) is 13.2 Å². The Bertz CT molecular complexity index is 286. The summed E-state index contributed by atoms with van der Waals surface area (Å²) in [5.41, 5.74) is 0. The van der Waals surface area contributed by atoms with E-state index < -0.39 is 0 Å². The predicted molar refractivity (Wildman–Crippen MR) is 91.6 cm³/mol. The van der Waals surface area contributed by atoms with Gasteiger partial charge in [-0.2, -0.15) is 0 Å². The Morgan fingerprint density at radius 2 is 1.95 bits per heavy atom. The molecule has 3 aliphatic rings. The zero-order chi connectivity index (χ0) is 13.1. The first-order chi connectivity index (χ1) is 9.38. The summed E-state index contributed by atoms with van der Waals surface area (Å²) in [6.07, 6.45) is 3.72. The van der Waals surface area contributed by atoms with E-state index in [0.29, 0.717) is 12.5 Å². The van der Waals surface area contributed by atoms with Crippen molar-refractivity contribution in [2.45, 2.75) is 19.3 Å². The molecule has 0 spiro atoms. The average molecular weight is 340 g/mol. The number of nitrogens with zero attached hydrogens (tertiary/aromatic N) is 1. The van der Waals surface area contributed by atoms with E-state index in [4.69, 9.17) is 0 Å². The zero-order valence-electron chi connectivity index (χ0n) is 12.8. The number of likely N-dealkylation sites (tertiary alicyclic amines) is 1. The van der Waals surface area contributed by atoms with E-state index in [1.807, 2.05) is 0 Å². The number of hydrogen-bond acceptors (Lipinski definition) is 4. The fourth-order valence-electron chi connectivity index (χ4n) is 4.05. The Hall–Kier alpha value is 0.420. The molecule has 3 fully saturated rings. The van der Waals surface area contributed by atoms with Gasteiger partial charge in [-0.1, -0.05) is 0 Å². The highest BCUT2D eigenvalue weighted by Crippen LogP contribution is 2.47. The number of fused-ring (bicyclic) bond motifs is 1. The Labute approximate surface area is 141 Å². The van der Waals surface area contributed by atoms with Crippen molar-refractivity contribution in [1.29, 1.82) is 0 Å². The lowest BCUT2D eigenvalue weighted by molar-refractivity contribution is 0.119. The molecule has 6 heteroatoms. The molecule has 4 nitrogen and oxygen atoms in total. The van der Waals surface area contributed by atoms with Crippen molar-refractivity contribution in [1.82, 2.24) is 15.5 Å². The molecule has 0 aromatic rings. The summed E-state index contributed by atoms with van der Waals surface area (Å²) in [4.78, 5) is 2.53. The van der Waals surface area contributed by atoms with Crippen LogP contribution < -0.4 is 10.6 Å². The van der Waals surface area contributed by atoms with E-state index in [1.54, 1.807) is 0 Å². The van der Waals surface area contributed by atoms with Crippen molar-refractivity contribution < 1.29 is 5.11 Å². The molecule has 2 heterocycles. The molecule has 3 N–H and O–H groups in total. The van der Waals surface area contributed by atoms with Crippen molar-refractivity contribution in [3.63, 3.8) is 0 Å². The van der Waals surface area contributed by atoms with E-state index in [2.05, 4.69) is 15.5 Å². The number of piperidine rings is 2. The topological polar surface area (TPSA) is 47.5 Å². The molecule has 2 saturated heterocycles. The van der Waals surface area contributed by atoms with Gasteiger partial charge in [0.25, 0.3) is 0 Å². The quantitative estimate of drug-likeness (QED) is 0.605. The van der Waals surface area contributed by atoms with Gasteiger partial charge in [0.2, 0.25) is 0 Å². The summed E-state index contributed by atoms with van der Waals surface area (Å²) in [5, 5.41) is 16.3. The number of aliphatic hydroxyl groups excluding tert-OH is 1. The molecule has 0 bridgehead atoms. The standard InChI is InChI=1S/C15H29N3O.2ClH/c19-11-12-3-1-5-18(10-12)6-2-4-16-7-13-14-8-17-9-15(13)14;;/h12-17,19H,1-11H2;2*1H/t12?,13?,14-,15+;;. The van der Waals surface area contributed by atoms with Gasteiger partial charge in [-0.15, -0.1) is 24.8 Å². The maximum atomic E-state index is 9.22. The van der Waals surface area contributed by atoms with E-state index in [1.165, 1.54) is 52.0 Å². The summed E-state index contributed by atoms with van der Waals surface area (Å²) in [5.74, 6) is 3.47. The SMILES string of the molecule is Cl.Cl.OCC1CCCN(CCCNCC2[C@H]3CNC[C@@H]23)C1. The molecule has 3 rings (SSSR count). The molecule has 2 unspecified atom stereocenters. The Morgan fingerprint density at radius 1 is 1.19 bits per heavy atom. The van der Waals surface area contributed by atoms with Gasteiger partial charge in [0.05, 0.1) is 0 Å². The largest absolute Gasteiger partial charge is 0.396 e. The maximum Gasteiger partial charge on any atom is 0.0471 e. The van der Waals surface area contributed by atoms with Crippen LogP contribution in [0.5, 0.6) is 0 Å². The van der Waals surface area contributed by atoms with Crippen LogP contribution in [0.25, 0.3) is 0 Å². The van der Waals surface area contributed by atoms with Gasteiger partial charge in [-0.25, -0.2) is 0 Å². The van der Waals surface area contributed by atoms with Gasteiger partial charge < -0.3 is 20.6 Å². The van der Waals surface area contributed by atoms with Crippen LogP contribution in [-0.2, 0) is 0 Å². The molecule has 2 aliphatic heterocycles. The molecule has 1 saturated carbocycles. The van der Waals surface area contributed by atoms with Crippen molar-refractivity contribution in [2.75, 3.05) is 52.4 Å². The van der Waals surface area contributed by atoms with Crippen LogP contribution in [0.2, 0.25) is 0 Å². The van der Waals surface area contributed by atoms with Crippen LogP contribution in [-0.4, -0.2) is 62.4 Å². The number of halogens is 2. The van der Waals surface area contributed by atoms with E-state index in [9.17, 15) is 5.11 Å². The number of nitrogens with one attached hydrogen (secondary N) is 2. The Kier molecular flexibility index (Phi) is 8.84. The summed E-state index contributed by atoms with van der Waals surface area (Å²) >= 11 is 0. The molecule has 0 radical (unpaired) electrons. The highest BCUT2D eigenvalue weighted by atomic mass is 35.5. The summed E-state index contributed by atoms with van der Waals surface area (Å²) in [6.45, 7) is 8.81. The van der Waals surface area contributed by atoms with Crippen LogP contribution in [0.1, 0.15) is 19.3 Å². The third-order valence-electron chi connectivity index (χ3n) is 5.34. The molecular formula is C15H31Cl2N3O. The molecular weight excluding hydrogens is 309 g/mol. The van der Waals surface area contributed by atoms with Crippen molar-refractivity contribution >= 4 is 24.8 Å². The number of aliphatic hydroxyl groups is 1. The maximum absolute atomic E-state index is 9.22. The minimum Gasteiger partial charge on any atom is -0.396 e. The van der Waals surface area contributed by atoms with Gasteiger partial charge in [-0.05, 0) is 82.2 Å². The average Bonchev–Trinajstić information content (AvgIpc) is 2.88. The van der Waals surface area contributed by atoms with Gasteiger partial charge in [0.15, 0.2) is 0 Å². The van der Waals surface area contributed by atoms with Crippen LogP contribution in [0.15, 0.2) is 0 Å². The fraction of sp³-hybridized carbons (Fsp3) is 1.00. The normalized spacial score (nSPS) is 34.7. The molecule has 0 aromatic carbocycles. The first-order valence-corrected chi connectivity index (χ1v) is 8.13. The van der Waals surface area contributed by atoms with Crippen molar-refractivity contribution in [3.05, 3.63) is 0 Å². The predicted octanol–water partition coefficient (Wildman–Crippen LogP) is 0.979. The zero-order valence-corrected chi connectivity index (χ0v) is 14.4. The lowest BCUT2D eigenvalue weighted by Crippen LogP contribution is -2.38. The minimum atomic E-state index is 0. The first kappa shape index (κ1) is 19.5. The van der Waals surface area contributed by atoms with Gasteiger partial charge in [-0.3, -0.25) is 0 Å². The van der Waals surface area contributed by atoms with E-state index >= 15 is 0 Å². The second-order valence-corrected chi connectivity index (χ2v) is 6.70. The van der Waals surface area contributed by atoms with Crippen LogP contribution in [0, 0.1) is 23.7 Å². The number of rotatable bonds is 7. The molecule has 1 aliphatic carbocycles. The fourth-order valence-corrected chi connectivity index (χ4v) is 4.05. The third kappa shape index (κ3) is 5.22. The molecule has 4 atom stereocenters.